The number of carbonyl (C=O) groups is 4. The third-order valence-corrected chi connectivity index (χ3v) is 5.93. The highest BCUT2D eigenvalue weighted by Crippen LogP contribution is 2.43. The van der Waals surface area contributed by atoms with Gasteiger partial charge in [-0.05, 0) is 47.6 Å². The topological polar surface area (TPSA) is 185 Å². The van der Waals surface area contributed by atoms with E-state index in [4.69, 9.17) is 16.6 Å². The molecule has 1 atom stereocenters. The quantitative estimate of drug-likeness (QED) is 0.277. The Morgan fingerprint density at radius 3 is 2.19 bits per heavy atom. The second-order valence-electron chi connectivity index (χ2n) is 9.18. The van der Waals surface area contributed by atoms with E-state index < -0.39 is 30.3 Å². The number of aromatic carboxylic acids is 1. The Morgan fingerprint density at radius 2 is 1.66 bits per heavy atom. The van der Waals surface area contributed by atoms with E-state index in [1.807, 2.05) is 27.7 Å². The summed E-state index contributed by atoms with van der Waals surface area (Å²) in [7, 11) is 0. The van der Waals surface area contributed by atoms with Crippen LogP contribution >= 0.6 is 0 Å². The van der Waals surface area contributed by atoms with Gasteiger partial charge in [0.1, 0.15) is 0 Å². The maximum Gasteiger partial charge on any atom is 0.335 e. The summed E-state index contributed by atoms with van der Waals surface area (Å²) in [6.07, 6.45) is 0.418. The van der Waals surface area contributed by atoms with Crippen molar-refractivity contribution in [3.05, 3.63) is 29.3 Å². The minimum absolute atomic E-state index is 0.0652. The number of carbonyl (C=O) groups excluding carboxylic acids is 2. The summed E-state index contributed by atoms with van der Waals surface area (Å²) in [4.78, 5) is 46.8. The Labute approximate surface area is 187 Å². The standard InChI is InChI=1S/C22H34N4O6/c1-21(2,5-6-23)22(3,4)11-17(27)26-15-8-13(7-14(9-15)20(31)32)12-25-19(30)16(24)10-18(28)29/h7-9,16H,5-6,10-12,23-24H2,1-4H3,(H,25,30)(H,26,27)(H,28,29)(H,31,32)/t16-/m0/s1. The number of aliphatic carboxylic acids is 1. The minimum Gasteiger partial charge on any atom is -0.481 e. The highest BCUT2D eigenvalue weighted by atomic mass is 16.4. The normalized spacial score (nSPS) is 12.7. The third kappa shape index (κ3) is 7.93. The van der Waals surface area contributed by atoms with Crippen LogP contribution in [0.5, 0.6) is 0 Å². The van der Waals surface area contributed by atoms with E-state index in [1.54, 1.807) is 6.07 Å². The van der Waals surface area contributed by atoms with Crippen molar-refractivity contribution in [1.82, 2.24) is 5.32 Å². The van der Waals surface area contributed by atoms with Gasteiger partial charge in [0.05, 0.1) is 18.0 Å². The lowest BCUT2D eigenvalue weighted by atomic mass is 9.64. The average molecular weight is 451 g/mol. The molecule has 32 heavy (non-hydrogen) atoms. The van der Waals surface area contributed by atoms with E-state index in [0.29, 0.717) is 12.1 Å². The van der Waals surface area contributed by atoms with Crippen LogP contribution in [0.4, 0.5) is 5.69 Å². The smallest absolute Gasteiger partial charge is 0.335 e. The third-order valence-electron chi connectivity index (χ3n) is 5.93. The maximum absolute atomic E-state index is 12.7. The molecule has 0 bridgehead atoms. The zero-order chi connectivity index (χ0) is 24.7. The number of nitrogens with one attached hydrogen (secondary N) is 2. The second-order valence-corrected chi connectivity index (χ2v) is 9.18. The monoisotopic (exact) mass is 450 g/mol. The molecule has 0 aliphatic rings. The first-order valence-corrected chi connectivity index (χ1v) is 10.3. The van der Waals surface area contributed by atoms with Crippen LogP contribution in [0.15, 0.2) is 18.2 Å². The first-order valence-electron chi connectivity index (χ1n) is 10.3. The van der Waals surface area contributed by atoms with Crippen molar-refractivity contribution >= 4 is 29.4 Å². The Kier molecular flexibility index (Phi) is 9.35. The molecule has 0 aliphatic heterocycles. The van der Waals surface area contributed by atoms with Crippen LogP contribution in [0, 0.1) is 10.8 Å². The van der Waals surface area contributed by atoms with Crippen molar-refractivity contribution in [1.29, 1.82) is 0 Å². The molecule has 2 amide bonds. The minimum atomic E-state index is -1.23. The molecule has 178 valence electrons. The number of carboxylic acids is 2. The first kappa shape index (κ1) is 27.1. The molecule has 10 heteroatoms. The van der Waals surface area contributed by atoms with E-state index in [9.17, 15) is 24.3 Å². The van der Waals surface area contributed by atoms with E-state index in [0.717, 1.165) is 6.42 Å². The number of nitrogens with two attached hydrogens (primary N) is 2. The van der Waals surface area contributed by atoms with Gasteiger partial charge in [-0.1, -0.05) is 27.7 Å². The SMILES string of the molecule is CC(C)(CCN)C(C)(C)CC(=O)Nc1cc(CNC(=O)[C@@H](N)CC(=O)O)cc(C(=O)O)c1. The van der Waals surface area contributed by atoms with Gasteiger partial charge in [-0.25, -0.2) is 4.79 Å². The van der Waals surface area contributed by atoms with Crippen LogP contribution in [0.2, 0.25) is 0 Å². The Morgan fingerprint density at radius 1 is 1.03 bits per heavy atom. The Bertz CT molecular complexity index is 866. The van der Waals surface area contributed by atoms with Crippen LogP contribution in [0.3, 0.4) is 0 Å². The van der Waals surface area contributed by atoms with Gasteiger partial charge in [0.2, 0.25) is 11.8 Å². The van der Waals surface area contributed by atoms with Crippen molar-refractivity contribution in [3.63, 3.8) is 0 Å². The van der Waals surface area contributed by atoms with Gasteiger partial charge in [-0.2, -0.15) is 0 Å². The summed E-state index contributed by atoms with van der Waals surface area (Å²) in [5.41, 5.74) is 11.3. The summed E-state index contributed by atoms with van der Waals surface area (Å²) >= 11 is 0. The molecule has 0 aliphatic carbocycles. The number of carboxylic acid groups (broad SMARTS) is 2. The zero-order valence-corrected chi connectivity index (χ0v) is 19.0. The number of amides is 2. The fourth-order valence-corrected chi connectivity index (χ4v) is 3.14. The lowest BCUT2D eigenvalue weighted by Gasteiger charge is -2.41. The fraction of sp³-hybridized carbons (Fsp3) is 0.545. The van der Waals surface area contributed by atoms with E-state index in [2.05, 4.69) is 10.6 Å². The fourth-order valence-electron chi connectivity index (χ4n) is 3.14. The average Bonchev–Trinajstić information content (AvgIpc) is 2.64. The van der Waals surface area contributed by atoms with Gasteiger partial charge >= 0.3 is 11.9 Å². The number of hydrogen-bond acceptors (Lipinski definition) is 6. The van der Waals surface area contributed by atoms with Gasteiger partial charge in [0.15, 0.2) is 0 Å². The molecule has 0 saturated heterocycles. The van der Waals surface area contributed by atoms with Crippen molar-refractivity contribution in [2.75, 3.05) is 11.9 Å². The van der Waals surface area contributed by atoms with Crippen molar-refractivity contribution in [3.8, 4) is 0 Å². The summed E-state index contributed by atoms with van der Waals surface area (Å²) in [6.45, 7) is 8.49. The molecule has 1 rings (SSSR count). The Balaban J connectivity index is 2.96. The largest absolute Gasteiger partial charge is 0.481 e. The predicted octanol–water partition coefficient (Wildman–Crippen LogP) is 1.53. The molecule has 1 aromatic carbocycles. The number of hydrogen-bond donors (Lipinski definition) is 6. The first-order chi connectivity index (χ1) is 14.7. The van der Waals surface area contributed by atoms with E-state index in [1.165, 1.54) is 12.1 Å². The van der Waals surface area contributed by atoms with Gasteiger partial charge < -0.3 is 32.3 Å². The molecule has 8 N–H and O–H groups in total. The number of benzene rings is 1. The maximum atomic E-state index is 12.7. The van der Waals surface area contributed by atoms with E-state index in [-0.39, 0.29) is 41.0 Å². The lowest BCUT2D eigenvalue weighted by Crippen LogP contribution is -2.41. The summed E-state index contributed by atoms with van der Waals surface area (Å²) < 4.78 is 0. The zero-order valence-electron chi connectivity index (χ0n) is 19.0. The molecule has 1 aromatic rings. The summed E-state index contributed by atoms with van der Waals surface area (Å²) in [6, 6.07) is 3.01. The molecule has 0 saturated carbocycles. The highest BCUT2D eigenvalue weighted by molar-refractivity contribution is 5.94. The molecule has 0 aromatic heterocycles. The molecule has 0 spiro atoms. The molecule has 10 nitrogen and oxygen atoms in total. The van der Waals surface area contributed by atoms with Crippen LogP contribution in [-0.4, -0.2) is 46.6 Å². The van der Waals surface area contributed by atoms with Gasteiger partial charge in [0, 0.05) is 18.7 Å². The highest BCUT2D eigenvalue weighted by Gasteiger charge is 2.37. The molecule has 0 heterocycles. The van der Waals surface area contributed by atoms with E-state index >= 15 is 0 Å². The molecular weight excluding hydrogens is 416 g/mol. The van der Waals surface area contributed by atoms with Gasteiger partial charge in [-0.15, -0.1) is 0 Å². The van der Waals surface area contributed by atoms with Crippen LogP contribution < -0.4 is 22.1 Å². The molecular formula is C22H34N4O6. The lowest BCUT2D eigenvalue weighted by molar-refractivity contribution is -0.139. The molecule has 0 fully saturated rings. The molecule has 0 unspecified atom stereocenters. The number of rotatable bonds is 12. The van der Waals surface area contributed by atoms with Crippen molar-refractivity contribution < 1.29 is 29.4 Å². The second kappa shape index (κ2) is 11.1. The van der Waals surface area contributed by atoms with Crippen molar-refractivity contribution in [2.45, 2.75) is 59.5 Å². The predicted molar refractivity (Wildman–Crippen MR) is 120 cm³/mol. The summed E-state index contributed by atoms with van der Waals surface area (Å²) in [5, 5.41) is 23.3. The van der Waals surface area contributed by atoms with Crippen LogP contribution in [0.25, 0.3) is 0 Å². The Hall–Kier alpha value is -2.98. The molecule has 0 radical (unpaired) electrons. The van der Waals surface area contributed by atoms with Crippen LogP contribution in [0.1, 0.15) is 62.9 Å². The van der Waals surface area contributed by atoms with Gasteiger partial charge in [0.25, 0.3) is 0 Å². The van der Waals surface area contributed by atoms with Gasteiger partial charge in [-0.3, -0.25) is 14.4 Å². The summed E-state index contributed by atoms with van der Waals surface area (Å²) in [5.74, 6) is -3.35. The van der Waals surface area contributed by atoms with Crippen molar-refractivity contribution in [2.24, 2.45) is 22.3 Å². The van der Waals surface area contributed by atoms with Crippen LogP contribution in [-0.2, 0) is 20.9 Å². The number of anilines is 1.